The predicted molar refractivity (Wildman–Crippen MR) is 101 cm³/mol. The van der Waals surface area contributed by atoms with Crippen molar-refractivity contribution in [3.8, 4) is 0 Å². The second kappa shape index (κ2) is 7.59. The monoisotopic (exact) mass is 378 g/mol. The smallest absolute Gasteiger partial charge is 0.242 e. The van der Waals surface area contributed by atoms with E-state index in [1.54, 1.807) is 38.1 Å². The third-order valence-corrected chi connectivity index (χ3v) is 5.86. The molecule has 0 saturated carbocycles. The molecule has 1 aromatic heterocycles. The first-order chi connectivity index (χ1) is 12.4. The fourth-order valence-electron chi connectivity index (χ4n) is 2.98. The standard InChI is InChI=1S/C18H23FN4O2S/c1-14(2)21-26(24,25)15-7-8-18(20-13-15)23-11-9-22(10-12-23)17-6-4-3-5-16(17)19/h3-8,13-14,21H,9-12H2,1-2H3. The molecule has 0 spiro atoms. The average molecular weight is 378 g/mol. The third kappa shape index (κ3) is 4.13. The molecule has 1 saturated heterocycles. The minimum Gasteiger partial charge on any atom is -0.366 e. The van der Waals surface area contributed by atoms with Gasteiger partial charge in [0.1, 0.15) is 16.5 Å². The summed E-state index contributed by atoms with van der Waals surface area (Å²) in [6.45, 7) is 6.29. The Labute approximate surface area is 153 Å². The number of piperazine rings is 1. The molecule has 0 radical (unpaired) electrons. The first kappa shape index (κ1) is 18.6. The van der Waals surface area contributed by atoms with Gasteiger partial charge in [0.05, 0.1) is 5.69 Å². The van der Waals surface area contributed by atoms with Gasteiger partial charge in [0.15, 0.2) is 0 Å². The van der Waals surface area contributed by atoms with Gasteiger partial charge in [-0.2, -0.15) is 0 Å². The highest BCUT2D eigenvalue weighted by Crippen LogP contribution is 2.22. The maximum Gasteiger partial charge on any atom is 0.242 e. The van der Waals surface area contributed by atoms with E-state index in [1.807, 2.05) is 11.0 Å². The summed E-state index contributed by atoms with van der Waals surface area (Å²) in [5, 5.41) is 0. The molecule has 1 aromatic carbocycles. The molecule has 3 rings (SSSR count). The van der Waals surface area contributed by atoms with Crippen molar-refractivity contribution in [2.24, 2.45) is 0 Å². The van der Waals surface area contributed by atoms with E-state index >= 15 is 0 Å². The Hall–Kier alpha value is -2.19. The molecule has 0 amide bonds. The van der Waals surface area contributed by atoms with Crippen molar-refractivity contribution in [1.29, 1.82) is 0 Å². The molecule has 26 heavy (non-hydrogen) atoms. The van der Waals surface area contributed by atoms with Crippen LogP contribution in [0, 0.1) is 5.82 Å². The van der Waals surface area contributed by atoms with Crippen molar-refractivity contribution >= 4 is 21.5 Å². The molecular weight excluding hydrogens is 355 g/mol. The van der Waals surface area contributed by atoms with E-state index in [9.17, 15) is 12.8 Å². The minimum absolute atomic E-state index is 0.153. The zero-order valence-electron chi connectivity index (χ0n) is 14.9. The lowest BCUT2D eigenvalue weighted by atomic mass is 10.2. The van der Waals surface area contributed by atoms with Crippen molar-refractivity contribution in [1.82, 2.24) is 9.71 Å². The van der Waals surface area contributed by atoms with Crippen LogP contribution in [0.1, 0.15) is 13.8 Å². The Balaban J connectivity index is 1.66. The number of pyridine rings is 1. The number of nitrogens with zero attached hydrogens (tertiary/aromatic N) is 3. The van der Waals surface area contributed by atoms with Crippen molar-refractivity contribution in [3.05, 3.63) is 48.4 Å². The third-order valence-electron chi connectivity index (χ3n) is 4.22. The first-order valence-electron chi connectivity index (χ1n) is 8.59. The van der Waals surface area contributed by atoms with Crippen molar-refractivity contribution in [2.45, 2.75) is 24.8 Å². The molecule has 0 unspecified atom stereocenters. The topological polar surface area (TPSA) is 65.5 Å². The number of sulfonamides is 1. The molecule has 0 aliphatic carbocycles. The number of hydrogen-bond donors (Lipinski definition) is 1. The molecule has 0 atom stereocenters. The number of hydrogen-bond acceptors (Lipinski definition) is 5. The predicted octanol–water partition coefficient (Wildman–Crippen LogP) is 2.23. The van der Waals surface area contributed by atoms with Crippen LogP contribution in [0.5, 0.6) is 0 Å². The van der Waals surface area contributed by atoms with Gasteiger partial charge in [-0.15, -0.1) is 0 Å². The summed E-state index contributed by atoms with van der Waals surface area (Å²) >= 11 is 0. The lowest BCUT2D eigenvalue weighted by molar-refractivity contribution is 0.569. The van der Waals surface area contributed by atoms with E-state index in [0.29, 0.717) is 31.9 Å². The molecule has 1 N–H and O–H groups in total. The molecule has 1 aliphatic heterocycles. The summed E-state index contributed by atoms with van der Waals surface area (Å²) in [5.41, 5.74) is 0.612. The van der Waals surface area contributed by atoms with Crippen LogP contribution in [0.2, 0.25) is 0 Å². The molecule has 1 aliphatic rings. The summed E-state index contributed by atoms with van der Waals surface area (Å²) in [7, 11) is -3.54. The minimum atomic E-state index is -3.54. The summed E-state index contributed by atoms with van der Waals surface area (Å²) in [6, 6.07) is 9.87. The lowest BCUT2D eigenvalue weighted by Crippen LogP contribution is -2.47. The van der Waals surface area contributed by atoms with Crippen LogP contribution < -0.4 is 14.5 Å². The zero-order chi connectivity index (χ0) is 18.7. The maximum absolute atomic E-state index is 13.9. The number of benzene rings is 1. The molecule has 0 bridgehead atoms. The second-order valence-corrected chi connectivity index (χ2v) is 8.27. The van der Waals surface area contributed by atoms with E-state index in [0.717, 1.165) is 5.82 Å². The second-order valence-electron chi connectivity index (χ2n) is 6.55. The van der Waals surface area contributed by atoms with E-state index in [4.69, 9.17) is 0 Å². The largest absolute Gasteiger partial charge is 0.366 e. The Bertz CT molecular complexity index is 848. The van der Waals surface area contributed by atoms with Gasteiger partial charge >= 0.3 is 0 Å². The van der Waals surface area contributed by atoms with Gasteiger partial charge in [-0.25, -0.2) is 22.5 Å². The van der Waals surface area contributed by atoms with E-state index in [-0.39, 0.29) is 16.8 Å². The molecule has 140 valence electrons. The van der Waals surface area contributed by atoms with Crippen LogP contribution >= 0.6 is 0 Å². The van der Waals surface area contributed by atoms with Crippen molar-refractivity contribution in [2.75, 3.05) is 36.0 Å². The van der Waals surface area contributed by atoms with E-state index < -0.39 is 10.0 Å². The first-order valence-corrected chi connectivity index (χ1v) is 10.1. The fraction of sp³-hybridized carbons (Fsp3) is 0.389. The number of para-hydroxylation sites is 1. The van der Waals surface area contributed by atoms with Crippen LogP contribution in [0.3, 0.4) is 0 Å². The zero-order valence-corrected chi connectivity index (χ0v) is 15.7. The van der Waals surface area contributed by atoms with Crippen LogP contribution in [0.25, 0.3) is 0 Å². The SMILES string of the molecule is CC(C)NS(=O)(=O)c1ccc(N2CCN(c3ccccc3F)CC2)nc1. The highest BCUT2D eigenvalue weighted by Gasteiger charge is 2.21. The number of anilines is 2. The van der Waals surface area contributed by atoms with E-state index in [2.05, 4.69) is 14.6 Å². The van der Waals surface area contributed by atoms with Crippen LogP contribution in [-0.4, -0.2) is 45.6 Å². The van der Waals surface area contributed by atoms with Gasteiger partial charge in [0.25, 0.3) is 0 Å². The number of aromatic nitrogens is 1. The highest BCUT2D eigenvalue weighted by molar-refractivity contribution is 7.89. The quantitative estimate of drug-likeness (QED) is 0.864. The van der Waals surface area contributed by atoms with Crippen LogP contribution in [0.15, 0.2) is 47.5 Å². The van der Waals surface area contributed by atoms with Gasteiger partial charge in [0.2, 0.25) is 10.0 Å². The lowest BCUT2D eigenvalue weighted by Gasteiger charge is -2.36. The molecule has 8 heteroatoms. The molecule has 2 aromatic rings. The Morgan fingerprint density at radius 3 is 2.27 bits per heavy atom. The van der Waals surface area contributed by atoms with E-state index in [1.165, 1.54) is 12.3 Å². The van der Waals surface area contributed by atoms with Gasteiger partial charge < -0.3 is 9.80 Å². The summed E-state index contributed by atoms with van der Waals surface area (Å²) in [5.74, 6) is 0.507. The number of nitrogens with one attached hydrogen (secondary N) is 1. The Morgan fingerprint density at radius 2 is 1.69 bits per heavy atom. The van der Waals surface area contributed by atoms with Crippen LogP contribution in [0.4, 0.5) is 15.9 Å². The fourth-order valence-corrected chi connectivity index (χ4v) is 4.18. The molecular formula is C18H23FN4O2S. The van der Waals surface area contributed by atoms with Gasteiger partial charge in [0, 0.05) is 38.4 Å². The summed E-state index contributed by atoms with van der Waals surface area (Å²) in [6.07, 6.45) is 1.38. The Kier molecular flexibility index (Phi) is 5.43. The normalized spacial score (nSPS) is 15.5. The average Bonchev–Trinajstić information content (AvgIpc) is 2.61. The molecule has 1 fully saturated rings. The van der Waals surface area contributed by atoms with Gasteiger partial charge in [-0.05, 0) is 38.1 Å². The number of rotatable bonds is 5. The number of halogens is 1. The van der Waals surface area contributed by atoms with Crippen LogP contribution in [-0.2, 0) is 10.0 Å². The molecule has 6 nitrogen and oxygen atoms in total. The molecule has 2 heterocycles. The maximum atomic E-state index is 13.9. The van der Waals surface area contributed by atoms with Gasteiger partial charge in [-0.3, -0.25) is 0 Å². The Morgan fingerprint density at radius 1 is 1.04 bits per heavy atom. The van der Waals surface area contributed by atoms with Gasteiger partial charge in [-0.1, -0.05) is 12.1 Å². The van der Waals surface area contributed by atoms with Crippen molar-refractivity contribution in [3.63, 3.8) is 0 Å². The highest BCUT2D eigenvalue weighted by atomic mass is 32.2. The summed E-state index contributed by atoms with van der Waals surface area (Å²) in [4.78, 5) is 8.54. The summed E-state index contributed by atoms with van der Waals surface area (Å²) < 4.78 is 40.8. The van der Waals surface area contributed by atoms with Crippen molar-refractivity contribution < 1.29 is 12.8 Å².